The smallest absolute Gasteiger partial charge is 0.0343 e. The van der Waals surface area contributed by atoms with Gasteiger partial charge in [0.05, 0.1) is 0 Å². The highest BCUT2D eigenvalue weighted by atomic mass is 14.2. The van der Waals surface area contributed by atoms with Crippen molar-refractivity contribution in [2.45, 2.75) is 60.3 Å². The van der Waals surface area contributed by atoms with Gasteiger partial charge < -0.3 is 0 Å². The predicted octanol–water partition coefficient (Wildman–Crippen LogP) is 4.56. The quantitative estimate of drug-likeness (QED) is 0.528. The minimum absolute atomic E-state index is 0.532. The van der Waals surface area contributed by atoms with Crippen molar-refractivity contribution < 1.29 is 0 Å². The molecule has 12 heavy (non-hydrogen) atoms. The maximum atomic E-state index is 2.39. The van der Waals surface area contributed by atoms with Crippen LogP contribution < -0.4 is 0 Å². The Morgan fingerprint density at radius 2 is 1.83 bits per heavy atom. The molecule has 0 aromatic heterocycles. The lowest BCUT2D eigenvalue weighted by Gasteiger charge is -2.21. The molecule has 72 valence electrons. The molecule has 0 amide bonds. The fourth-order valence-electron chi connectivity index (χ4n) is 1.03. The summed E-state index contributed by atoms with van der Waals surface area (Å²) >= 11 is 0. The Hall–Kier alpha value is -0.260. The molecule has 0 aliphatic rings. The first kappa shape index (κ1) is 11.7. The van der Waals surface area contributed by atoms with Crippen molar-refractivity contribution in [2.24, 2.45) is 5.41 Å². The number of hydrogen-bond donors (Lipinski definition) is 0. The molecule has 0 aromatic rings. The van der Waals surface area contributed by atoms with E-state index >= 15 is 0 Å². The average Bonchev–Trinajstić information content (AvgIpc) is 2.04. The van der Waals surface area contributed by atoms with Crippen LogP contribution in [0.4, 0.5) is 0 Å². The van der Waals surface area contributed by atoms with E-state index in [2.05, 4.69) is 40.7 Å². The second-order valence-corrected chi connectivity index (χ2v) is 4.46. The summed E-state index contributed by atoms with van der Waals surface area (Å²) in [4.78, 5) is 0. The summed E-state index contributed by atoms with van der Waals surface area (Å²) < 4.78 is 0. The van der Waals surface area contributed by atoms with E-state index in [-0.39, 0.29) is 0 Å². The molecule has 0 aliphatic carbocycles. The number of hydrogen-bond acceptors (Lipinski definition) is 0. The number of allylic oxidation sites excluding steroid dienone is 2. The van der Waals surface area contributed by atoms with Gasteiger partial charge in [0.15, 0.2) is 0 Å². The monoisotopic (exact) mass is 168 g/mol. The molecule has 0 saturated carbocycles. The minimum Gasteiger partial charge on any atom is -0.0856 e. The second-order valence-electron chi connectivity index (χ2n) is 4.46. The normalized spacial score (nSPS) is 13.6. The number of rotatable bonds is 5. The van der Waals surface area contributed by atoms with Gasteiger partial charge in [-0.05, 0) is 31.6 Å². The molecular formula is C12H24. The van der Waals surface area contributed by atoms with Gasteiger partial charge in [-0.25, -0.2) is 0 Å². The maximum Gasteiger partial charge on any atom is -0.0343 e. The van der Waals surface area contributed by atoms with Crippen molar-refractivity contribution in [3.8, 4) is 0 Å². The summed E-state index contributed by atoms with van der Waals surface area (Å²) in [5.74, 6) is 0. The molecule has 0 fully saturated rings. The van der Waals surface area contributed by atoms with E-state index in [1.807, 2.05) is 0 Å². The Kier molecular flexibility index (Phi) is 5.28. The van der Waals surface area contributed by atoms with Gasteiger partial charge >= 0.3 is 0 Å². The van der Waals surface area contributed by atoms with Crippen LogP contribution in [0.15, 0.2) is 11.6 Å². The molecule has 0 heterocycles. The van der Waals surface area contributed by atoms with E-state index in [9.17, 15) is 0 Å². The summed E-state index contributed by atoms with van der Waals surface area (Å²) in [6.07, 6.45) is 7.44. The van der Waals surface area contributed by atoms with Crippen molar-refractivity contribution in [2.75, 3.05) is 0 Å². The minimum atomic E-state index is 0.532. The second kappa shape index (κ2) is 5.40. The molecule has 0 saturated heterocycles. The van der Waals surface area contributed by atoms with Crippen LogP contribution in [0.1, 0.15) is 60.3 Å². The van der Waals surface area contributed by atoms with Crippen molar-refractivity contribution >= 4 is 0 Å². The first-order valence-corrected chi connectivity index (χ1v) is 5.17. The first-order valence-electron chi connectivity index (χ1n) is 5.17. The van der Waals surface area contributed by atoms with Crippen molar-refractivity contribution in [3.05, 3.63) is 11.6 Å². The Morgan fingerprint density at radius 1 is 1.25 bits per heavy atom. The molecule has 0 aliphatic heterocycles. The topological polar surface area (TPSA) is 0 Å². The third-order valence-corrected chi connectivity index (χ3v) is 2.83. The van der Waals surface area contributed by atoms with Gasteiger partial charge in [-0.2, -0.15) is 0 Å². The fourth-order valence-corrected chi connectivity index (χ4v) is 1.03. The average molecular weight is 168 g/mol. The van der Waals surface area contributed by atoms with Crippen molar-refractivity contribution in [3.63, 3.8) is 0 Å². The van der Waals surface area contributed by atoms with E-state index in [4.69, 9.17) is 0 Å². The molecule has 0 aromatic carbocycles. The Labute approximate surface area is 78.1 Å². The SMILES string of the molecule is CC/C(C)=C/CCC(C)(C)CC. The van der Waals surface area contributed by atoms with Crippen LogP contribution in [0.5, 0.6) is 0 Å². The zero-order valence-corrected chi connectivity index (χ0v) is 9.41. The summed E-state index contributed by atoms with van der Waals surface area (Å²) in [7, 11) is 0. The summed E-state index contributed by atoms with van der Waals surface area (Å²) in [5, 5.41) is 0. The molecular weight excluding hydrogens is 144 g/mol. The van der Waals surface area contributed by atoms with Crippen molar-refractivity contribution in [1.82, 2.24) is 0 Å². The van der Waals surface area contributed by atoms with Crippen LogP contribution in [0.2, 0.25) is 0 Å². The highest BCUT2D eigenvalue weighted by Crippen LogP contribution is 2.26. The molecule has 0 bridgehead atoms. The summed E-state index contributed by atoms with van der Waals surface area (Å²) in [6, 6.07) is 0. The van der Waals surface area contributed by atoms with Gasteiger partial charge in [0.1, 0.15) is 0 Å². The van der Waals surface area contributed by atoms with Crippen LogP contribution in [0.3, 0.4) is 0 Å². The maximum absolute atomic E-state index is 2.39. The van der Waals surface area contributed by atoms with Crippen LogP contribution in [-0.2, 0) is 0 Å². The van der Waals surface area contributed by atoms with Crippen LogP contribution in [0.25, 0.3) is 0 Å². The molecule has 0 radical (unpaired) electrons. The third-order valence-electron chi connectivity index (χ3n) is 2.83. The molecule has 0 N–H and O–H groups in total. The van der Waals surface area contributed by atoms with Crippen LogP contribution in [0, 0.1) is 5.41 Å². The molecule has 0 heteroatoms. The molecule has 0 unspecified atom stereocenters. The molecule has 0 atom stereocenters. The van der Waals surface area contributed by atoms with Gasteiger partial charge in [-0.1, -0.05) is 45.8 Å². The molecule has 0 nitrogen and oxygen atoms in total. The predicted molar refractivity (Wildman–Crippen MR) is 57.4 cm³/mol. The van der Waals surface area contributed by atoms with Gasteiger partial charge in [0.25, 0.3) is 0 Å². The highest BCUT2D eigenvalue weighted by Gasteiger charge is 2.12. The van der Waals surface area contributed by atoms with Crippen LogP contribution >= 0.6 is 0 Å². The van der Waals surface area contributed by atoms with E-state index < -0.39 is 0 Å². The standard InChI is InChI=1S/C12H24/c1-6-11(3)9-8-10-12(4,5)7-2/h9H,6-8,10H2,1-5H3/b11-9+. The van der Waals surface area contributed by atoms with Gasteiger partial charge in [0.2, 0.25) is 0 Å². The lowest BCUT2D eigenvalue weighted by atomic mass is 9.85. The van der Waals surface area contributed by atoms with E-state index in [0.717, 1.165) is 0 Å². The van der Waals surface area contributed by atoms with Gasteiger partial charge in [-0.15, -0.1) is 0 Å². The van der Waals surface area contributed by atoms with E-state index in [0.29, 0.717) is 5.41 Å². The Bertz CT molecular complexity index is 140. The zero-order chi connectivity index (χ0) is 9.61. The third kappa shape index (κ3) is 5.40. The van der Waals surface area contributed by atoms with Crippen LogP contribution in [-0.4, -0.2) is 0 Å². The lowest BCUT2D eigenvalue weighted by molar-refractivity contribution is 0.325. The largest absolute Gasteiger partial charge is 0.0856 e. The summed E-state index contributed by atoms with van der Waals surface area (Å²) in [6.45, 7) is 11.4. The zero-order valence-electron chi connectivity index (χ0n) is 9.41. The Morgan fingerprint density at radius 3 is 2.25 bits per heavy atom. The van der Waals surface area contributed by atoms with Gasteiger partial charge in [-0.3, -0.25) is 0 Å². The fraction of sp³-hybridized carbons (Fsp3) is 0.833. The Balaban J connectivity index is 3.69. The lowest BCUT2D eigenvalue weighted by Crippen LogP contribution is -2.08. The van der Waals surface area contributed by atoms with E-state index in [1.54, 1.807) is 0 Å². The molecule has 0 spiro atoms. The first-order chi connectivity index (χ1) is 5.52. The van der Waals surface area contributed by atoms with Crippen molar-refractivity contribution in [1.29, 1.82) is 0 Å². The van der Waals surface area contributed by atoms with E-state index in [1.165, 1.54) is 31.3 Å². The highest BCUT2D eigenvalue weighted by molar-refractivity contribution is 4.96. The summed E-state index contributed by atoms with van der Waals surface area (Å²) in [5.41, 5.74) is 2.06. The van der Waals surface area contributed by atoms with Gasteiger partial charge in [0, 0.05) is 0 Å². The molecule has 0 rings (SSSR count).